The molecule has 0 spiro atoms. The molecule has 115 valence electrons. The lowest BCUT2D eigenvalue weighted by Gasteiger charge is -2.37. The van der Waals surface area contributed by atoms with Crippen LogP contribution in [0.4, 0.5) is 11.4 Å². The molecular weight excluding hydrogens is 266 g/mol. The highest BCUT2D eigenvalue weighted by atomic mass is 16.5. The van der Waals surface area contributed by atoms with Crippen molar-refractivity contribution in [2.45, 2.75) is 13.8 Å². The second-order valence-electron chi connectivity index (χ2n) is 5.74. The van der Waals surface area contributed by atoms with E-state index in [4.69, 9.17) is 10.5 Å². The molecule has 0 aliphatic carbocycles. The molecule has 1 aromatic rings. The van der Waals surface area contributed by atoms with Gasteiger partial charge in [-0.25, -0.2) is 4.79 Å². The number of hydrogen-bond donors (Lipinski definition) is 1. The van der Waals surface area contributed by atoms with Crippen molar-refractivity contribution in [3.8, 4) is 0 Å². The van der Waals surface area contributed by atoms with Gasteiger partial charge < -0.3 is 15.4 Å². The first-order valence-corrected chi connectivity index (χ1v) is 7.25. The zero-order valence-corrected chi connectivity index (χ0v) is 13.1. The fourth-order valence-corrected chi connectivity index (χ4v) is 2.68. The number of hydrogen-bond acceptors (Lipinski definition) is 5. The summed E-state index contributed by atoms with van der Waals surface area (Å²) in [5.74, 6) is 1.08. The molecule has 0 amide bonds. The van der Waals surface area contributed by atoms with Crippen molar-refractivity contribution < 1.29 is 9.53 Å². The van der Waals surface area contributed by atoms with Crippen LogP contribution in [0.15, 0.2) is 18.2 Å². The molecule has 1 heterocycles. The Morgan fingerprint density at radius 3 is 2.43 bits per heavy atom. The number of nitrogens with two attached hydrogens (primary N) is 1. The number of esters is 1. The van der Waals surface area contributed by atoms with Gasteiger partial charge in [-0.05, 0) is 24.1 Å². The molecule has 2 N–H and O–H groups in total. The Labute approximate surface area is 126 Å². The van der Waals surface area contributed by atoms with Gasteiger partial charge in [0.25, 0.3) is 0 Å². The second kappa shape index (κ2) is 6.80. The van der Waals surface area contributed by atoms with Crippen molar-refractivity contribution in [2.75, 3.05) is 50.5 Å². The molecule has 1 radical (unpaired) electrons. The molecule has 1 aliphatic rings. The Bertz CT molecular complexity index is 494. The first-order chi connectivity index (χ1) is 10.0. The standard InChI is InChI=1S/C16H24N3O2/c1-12(2)11-18-6-8-19(9-7-18)15-5-4-13(10-14(15)17)16(20)21-3/h4-5,10H,6-9,11,17H2,1-3H3. The smallest absolute Gasteiger partial charge is 0.337 e. The molecular formula is C16H24N3O2. The van der Waals surface area contributed by atoms with Gasteiger partial charge in [-0.3, -0.25) is 4.90 Å². The van der Waals surface area contributed by atoms with Gasteiger partial charge >= 0.3 is 5.97 Å². The lowest BCUT2D eigenvalue weighted by atomic mass is 10.1. The zero-order chi connectivity index (χ0) is 15.4. The Kier molecular flexibility index (Phi) is 5.07. The molecule has 1 aliphatic heterocycles. The third-order valence-electron chi connectivity index (χ3n) is 3.70. The number of methoxy groups -OCH3 is 1. The number of rotatable bonds is 4. The quantitative estimate of drug-likeness (QED) is 0.677. The highest BCUT2D eigenvalue weighted by molar-refractivity contribution is 5.92. The van der Waals surface area contributed by atoms with E-state index in [1.54, 1.807) is 12.1 Å². The maximum absolute atomic E-state index is 11.5. The Hall–Kier alpha value is -1.75. The van der Waals surface area contributed by atoms with Crippen LogP contribution in [0.25, 0.3) is 0 Å². The number of carbonyl (C=O) groups excluding carboxylic acids is 1. The first kappa shape index (κ1) is 15.6. The number of nitrogens with zero attached hydrogens (tertiary/aromatic N) is 2. The summed E-state index contributed by atoms with van der Waals surface area (Å²) < 4.78 is 4.71. The predicted molar refractivity (Wildman–Crippen MR) is 85.4 cm³/mol. The van der Waals surface area contributed by atoms with Gasteiger partial charge in [-0.1, -0.05) is 13.8 Å². The van der Waals surface area contributed by atoms with Crippen LogP contribution in [-0.4, -0.2) is 50.7 Å². The van der Waals surface area contributed by atoms with Crippen LogP contribution in [0.3, 0.4) is 0 Å². The minimum Gasteiger partial charge on any atom is -0.465 e. The van der Waals surface area contributed by atoms with E-state index >= 15 is 0 Å². The van der Waals surface area contributed by atoms with Crippen molar-refractivity contribution in [3.63, 3.8) is 0 Å². The minimum absolute atomic E-state index is 0.355. The van der Waals surface area contributed by atoms with Crippen LogP contribution in [0.1, 0.15) is 24.2 Å². The van der Waals surface area contributed by atoms with Crippen LogP contribution < -0.4 is 10.6 Å². The lowest BCUT2D eigenvalue weighted by molar-refractivity contribution is 0.0601. The maximum atomic E-state index is 11.5. The van der Waals surface area contributed by atoms with Crippen molar-refractivity contribution in [2.24, 2.45) is 0 Å². The fourth-order valence-electron chi connectivity index (χ4n) is 2.68. The predicted octanol–water partition coefficient (Wildman–Crippen LogP) is 1.79. The van der Waals surface area contributed by atoms with Gasteiger partial charge in [-0.15, -0.1) is 0 Å². The molecule has 1 saturated heterocycles. The molecule has 0 aromatic heterocycles. The summed E-state index contributed by atoms with van der Waals surface area (Å²) in [4.78, 5) is 16.2. The number of ether oxygens (including phenoxy) is 1. The van der Waals surface area contributed by atoms with E-state index < -0.39 is 0 Å². The third kappa shape index (κ3) is 3.88. The van der Waals surface area contributed by atoms with Gasteiger partial charge in [0, 0.05) is 32.7 Å². The van der Waals surface area contributed by atoms with E-state index in [0.29, 0.717) is 11.3 Å². The molecule has 1 fully saturated rings. The number of anilines is 2. The highest BCUT2D eigenvalue weighted by Crippen LogP contribution is 2.26. The van der Waals surface area contributed by atoms with Gasteiger partial charge in [-0.2, -0.15) is 0 Å². The molecule has 0 atom stereocenters. The number of benzene rings is 1. The Morgan fingerprint density at radius 1 is 1.24 bits per heavy atom. The average Bonchev–Trinajstić information content (AvgIpc) is 2.47. The van der Waals surface area contributed by atoms with Crippen LogP contribution in [0, 0.1) is 5.92 Å². The normalized spacial score (nSPS) is 16.3. The highest BCUT2D eigenvalue weighted by Gasteiger charge is 2.20. The van der Waals surface area contributed by atoms with Crippen molar-refractivity contribution in [1.82, 2.24) is 4.90 Å². The van der Waals surface area contributed by atoms with E-state index in [0.717, 1.165) is 38.4 Å². The van der Waals surface area contributed by atoms with Crippen molar-refractivity contribution in [1.29, 1.82) is 0 Å². The van der Waals surface area contributed by atoms with Crippen LogP contribution >= 0.6 is 0 Å². The maximum Gasteiger partial charge on any atom is 0.337 e. The lowest BCUT2D eigenvalue weighted by Crippen LogP contribution is -2.47. The summed E-state index contributed by atoms with van der Waals surface area (Å²) in [5, 5.41) is 0. The monoisotopic (exact) mass is 290 g/mol. The van der Waals surface area contributed by atoms with Crippen LogP contribution in [-0.2, 0) is 4.74 Å². The minimum atomic E-state index is -0.355. The van der Waals surface area contributed by atoms with Crippen LogP contribution in [0.2, 0.25) is 0 Å². The molecule has 5 nitrogen and oxygen atoms in total. The van der Waals surface area contributed by atoms with Crippen molar-refractivity contribution >= 4 is 17.3 Å². The largest absolute Gasteiger partial charge is 0.465 e. The van der Waals surface area contributed by atoms with E-state index in [-0.39, 0.29) is 5.97 Å². The van der Waals surface area contributed by atoms with Crippen molar-refractivity contribution in [3.05, 3.63) is 29.7 Å². The topological polar surface area (TPSA) is 58.8 Å². The van der Waals surface area contributed by atoms with E-state index in [1.165, 1.54) is 13.0 Å². The summed E-state index contributed by atoms with van der Waals surface area (Å²) >= 11 is 0. The van der Waals surface area contributed by atoms with Crippen LogP contribution in [0.5, 0.6) is 0 Å². The zero-order valence-electron chi connectivity index (χ0n) is 13.1. The van der Waals surface area contributed by atoms with E-state index in [2.05, 4.69) is 23.6 Å². The summed E-state index contributed by atoms with van der Waals surface area (Å²) in [6.07, 6.45) is 0. The summed E-state index contributed by atoms with van der Waals surface area (Å²) in [5.41, 5.74) is 8.22. The first-order valence-electron chi connectivity index (χ1n) is 7.25. The molecule has 0 bridgehead atoms. The Balaban J connectivity index is 2.02. The molecule has 21 heavy (non-hydrogen) atoms. The molecule has 0 unspecified atom stereocenters. The Morgan fingerprint density at radius 2 is 1.90 bits per heavy atom. The molecule has 1 aromatic carbocycles. The van der Waals surface area contributed by atoms with E-state index in [1.807, 2.05) is 6.07 Å². The van der Waals surface area contributed by atoms with Gasteiger partial charge in [0.15, 0.2) is 0 Å². The SMILES string of the molecule is COC(=O)c1ccc(N2CCN(C[C](C)C)CC2)c(N)c1. The second-order valence-corrected chi connectivity index (χ2v) is 5.74. The average molecular weight is 290 g/mol. The van der Waals surface area contributed by atoms with Gasteiger partial charge in [0.2, 0.25) is 0 Å². The van der Waals surface area contributed by atoms with E-state index in [9.17, 15) is 4.79 Å². The van der Waals surface area contributed by atoms with Gasteiger partial charge in [0.05, 0.1) is 24.0 Å². The molecule has 0 saturated carbocycles. The summed E-state index contributed by atoms with van der Waals surface area (Å²) in [7, 11) is 1.37. The number of nitrogen functional groups attached to an aromatic ring is 1. The number of carbonyl (C=O) groups is 1. The fraction of sp³-hybridized carbons (Fsp3) is 0.500. The van der Waals surface area contributed by atoms with Gasteiger partial charge in [0.1, 0.15) is 0 Å². The summed E-state index contributed by atoms with van der Waals surface area (Å²) in [6.45, 7) is 9.35. The number of piperazine rings is 1. The summed E-state index contributed by atoms with van der Waals surface area (Å²) in [6, 6.07) is 5.37. The molecule has 2 rings (SSSR count). The third-order valence-corrected chi connectivity index (χ3v) is 3.70. The molecule has 5 heteroatoms.